The van der Waals surface area contributed by atoms with Gasteiger partial charge in [-0.25, -0.2) is 0 Å². The Morgan fingerprint density at radius 3 is 3.19 bits per heavy atom. The van der Waals surface area contributed by atoms with Crippen molar-refractivity contribution in [2.24, 2.45) is 0 Å². The summed E-state index contributed by atoms with van der Waals surface area (Å²) >= 11 is 0. The van der Waals surface area contributed by atoms with Gasteiger partial charge >= 0.3 is 0 Å². The van der Waals surface area contributed by atoms with Gasteiger partial charge in [0.2, 0.25) is 0 Å². The van der Waals surface area contributed by atoms with Crippen molar-refractivity contribution in [3.8, 4) is 0 Å². The van der Waals surface area contributed by atoms with E-state index in [9.17, 15) is 0 Å². The Hall–Kier alpha value is -1.42. The van der Waals surface area contributed by atoms with Gasteiger partial charge in [0.15, 0.2) is 5.65 Å². The smallest absolute Gasteiger partial charge is 0.160 e. The summed E-state index contributed by atoms with van der Waals surface area (Å²) in [6, 6.07) is 4.06. The highest BCUT2D eigenvalue weighted by Gasteiger charge is 2.18. The number of fused-ring (bicyclic) bond motifs is 1. The van der Waals surface area contributed by atoms with Crippen LogP contribution in [0.3, 0.4) is 0 Å². The maximum absolute atomic E-state index is 5.62. The summed E-state index contributed by atoms with van der Waals surface area (Å²) in [7, 11) is 0. The largest absolute Gasteiger partial charge is 0.378 e. The molecule has 84 valence electrons. The standard InChI is InChI=1S/C12H15N3O/c1-9-4-5-11-13-14-12(15(11)8-9)7-10-3-2-6-16-10/h4-5,8,10H,2-3,6-7H2,1H3. The molecule has 0 amide bonds. The normalized spacial score (nSPS) is 20.7. The summed E-state index contributed by atoms with van der Waals surface area (Å²) in [4.78, 5) is 0. The fourth-order valence-corrected chi connectivity index (χ4v) is 2.19. The van der Waals surface area contributed by atoms with E-state index in [1.54, 1.807) is 0 Å². The second-order valence-corrected chi connectivity index (χ2v) is 4.39. The number of pyridine rings is 1. The number of rotatable bonds is 2. The number of aryl methyl sites for hydroxylation is 1. The third-order valence-electron chi connectivity index (χ3n) is 3.06. The Labute approximate surface area is 94.3 Å². The monoisotopic (exact) mass is 217 g/mol. The van der Waals surface area contributed by atoms with Crippen LogP contribution in [0, 0.1) is 6.92 Å². The van der Waals surface area contributed by atoms with Gasteiger partial charge in [0.1, 0.15) is 5.82 Å². The molecular formula is C12H15N3O. The van der Waals surface area contributed by atoms with E-state index in [1.807, 2.05) is 6.07 Å². The van der Waals surface area contributed by atoms with Crippen molar-refractivity contribution in [2.45, 2.75) is 32.3 Å². The summed E-state index contributed by atoms with van der Waals surface area (Å²) in [5, 5.41) is 8.39. The maximum atomic E-state index is 5.62. The first-order chi connectivity index (χ1) is 7.83. The molecule has 1 fully saturated rings. The van der Waals surface area contributed by atoms with Crippen molar-refractivity contribution >= 4 is 5.65 Å². The number of aromatic nitrogens is 3. The number of ether oxygens (including phenoxy) is 1. The molecule has 16 heavy (non-hydrogen) atoms. The first-order valence-corrected chi connectivity index (χ1v) is 5.75. The van der Waals surface area contributed by atoms with E-state index < -0.39 is 0 Å². The summed E-state index contributed by atoms with van der Waals surface area (Å²) in [6.07, 6.45) is 5.58. The molecule has 2 aromatic rings. The highest BCUT2D eigenvalue weighted by atomic mass is 16.5. The molecule has 3 rings (SSSR count). The summed E-state index contributed by atoms with van der Waals surface area (Å²) in [6.45, 7) is 2.97. The zero-order chi connectivity index (χ0) is 11.0. The van der Waals surface area contributed by atoms with Gasteiger partial charge in [-0.15, -0.1) is 10.2 Å². The Balaban J connectivity index is 1.93. The van der Waals surface area contributed by atoms with Gasteiger partial charge in [-0.05, 0) is 31.4 Å². The van der Waals surface area contributed by atoms with Crippen molar-refractivity contribution in [1.29, 1.82) is 0 Å². The van der Waals surface area contributed by atoms with Crippen LogP contribution in [0.15, 0.2) is 18.3 Å². The number of hydrogen-bond acceptors (Lipinski definition) is 3. The van der Waals surface area contributed by atoms with E-state index in [0.717, 1.165) is 30.9 Å². The molecule has 1 aliphatic heterocycles. The number of nitrogens with zero attached hydrogens (tertiary/aromatic N) is 3. The molecule has 1 saturated heterocycles. The molecule has 1 unspecified atom stereocenters. The third-order valence-corrected chi connectivity index (χ3v) is 3.06. The van der Waals surface area contributed by atoms with Gasteiger partial charge in [0.25, 0.3) is 0 Å². The first kappa shape index (κ1) is 9.78. The lowest BCUT2D eigenvalue weighted by Crippen LogP contribution is -2.11. The Morgan fingerprint density at radius 2 is 2.38 bits per heavy atom. The predicted molar refractivity (Wildman–Crippen MR) is 60.4 cm³/mol. The van der Waals surface area contributed by atoms with Crippen molar-refractivity contribution in [2.75, 3.05) is 6.61 Å². The van der Waals surface area contributed by atoms with Crippen molar-refractivity contribution in [3.63, 3.8) is 0 Å². The SMILES string of the molecule is Cc1ccc2nnc(CC3CCCO3)n2c1. The summed E-state index contributed by atoms with van der Waals surface area (Å²) in [5.74, 6) is 1.01. The average molecular weight is 217 g/mol. The quantitative estimate of drug-likeness (QED) is 0.769. The molecule has 3 heterocycles. The molecule has 1 atom stereocenters. The minimum Gasteiger partial charge on any atom is -0.378 e. The molecule has 4 heteroatoms. The van der Waals surface area contributed by atoms with E-state index in [0.29, 0.717) is 6.10 Å². The molecular weight excluding hydrogens is 202 g/mol. The van der Waals surface area contributed by atoms with Crippen LogP contribution in [-0.2, 0) is 11.2 Å². The van der Waals surface area contributed by atoms with Crippen LogP contribution >= 0.6 is 0 Å². The minimum atomic E-state index is 0.327. The zero-order valence-electron chi connectivity index (χ0n) is 9.39. The molecule has 0 spiro atoms. The summed E-state index contributed by atoms with van der Waals surface area (Å²) in [5.41, 5.74) is 2.14. The Bertz CT molecular complexity index is 500. The highest BCUT2D eigenvalue weighted by Crippen LogP contribution is 2.17. The van der Waals surface area contributed by atoms with Gasteiger partial charge in [-0.3, -0.25) is 4.40 Å². The van der Waals surface area contributed by atoms with Crippen LogP contribution < -0.4 is 0 Å². The molecule has 0 aromatic carbocycles. The molecule has 4 nitrogen and oxygen atoms in total. The van der Waals surface area contributed by atoms with Crippen LogP contribution in [0.4, 0.5) is 0 Å². The lowest BCUT2D eigenvalue weighted by atomic mass is 10.2. The van der Waals surface area contributed by atoms with Crippen LogP contribution in [0.2, 0.25) is 0 Å². The molecule has 2 aromatic heterocycles. The zero-order valence-corrected chi connectivity index (χ0v) is 9.39. The van der Waals surface area contributed by atoms with E-state index in [4.69, 9.17) is 4.74 Å². The van der Waals surface area contributed by atoms with Crippen LogP contribution in [-0.4, -0.2) is 27.3 Å². The molecule has 0 bridgehead atoms. The van der Waals surface area contributed by atoms with Crippen LogP contribution in [0.25, 0.3) is 5.65 Å². The molecule has 0 radical (unpaired) electrons. The minimum absolute atomic E-state index is 0.327. The van der Waals surface area contributed by atoms with Gasteiger partial charge in [0.05, 0.1) is 6.10 Å². The predicted octanol–water partition coefficient (Wildman–Crippen LogP) is 1.76. The molecule has 1 aliphatic rings. The average Bonchev–Trinajstić information content (AvgIpc) is 2.90. The lowest BCUT2D eigenvalue weighted by molar-refractivity contribution is 0.109. The summed E-state index contributed by atoms with van der Waals surface area (Å²) < 4.78 is 7.69. The van der Waals surface area contributed by atoms with Crippen LogP contribution in [0.5, 0.6) is 0 Å². The van der Waals surface area contributed by atoms with E-state index in [-0.39, 0.29) is 0 Å². The van der Waals surface area contributed by atoms with Gasteiger partial charge in [-0.1, -0.05) is 6.07 Å². The maximum Gasteiger partial charge on any atom is 0.160 e. The first-order valence-electron chi connectivity index (χ1n) is 5.75. The fourth-order valence-electron chi connectivity index (χ4n) is 2.19. The van der Waals surface area contributed by atoms with Crippen LogP contribution in [0.1, 0.15) is 24.2 Å². The Morgan fingerprint density at radius 1 is 1.44 bits per heavy atom. The van der Waals surface area contributed by atoms with Crippen molar-refractivity contribution in [1.82, 2.24) is 14.6 Å². The second-order valence-electron chi connectivity index (χ2n) is 4.39. The van der Waals surface area contributed by atoms with E-state index in [2.05, 4.69) is 33.8 Å². The highest BCUT2D eigenvalue weighted by molar-refractivity contribution is 5.39. The van der Waals surface area contributed by atoms with Crippen molar-refractivity contribution in [3.05, 3.63) is 29.7 Å². The van der Waals surface area contributed by atoms with Gasteiger partial charge in [0, 0.05) is 19.2 Å². The van der Waals surface area contributed by atoms with Crippen molar-refractivity contribution < 1.29 is 4.74 Å². The van der Waals surface area contributed by atoms with Gasteiger partial charge < -0.3 is 4.74 Å². The molecule has 0 N–H and O–H groups in total. The van der Waals surface area contributed by atoms with E-state index in [1.165, 1.54) is 12.0 Å². The Kier molecular flexibility index (Phi) is 2.36. The molecule has 0 saturated carbocycles. The van der Waals surface area contributed by atoms with E-state index >= 15 is 0 Å². The topological polar surface area (TPSA) is 39.4 Å². The second kappa shape index (κ2) is 3.87. The lowest BCUT2D eigenvalue weighted by Gasteiger charge is -2.07. The fraction of sp³-hybridized carbons (Fsp3) is 0.500. The number of hydrogen-bond donors (Lipinski definition) is 0. The third kappa shape index (κ3) is 1.69. The van der Waals surface area contributed by atoms with Gasteiger partial charge in [-0.2, -0.15) is 0 Å². The molecule has 0 aliphatic carbocycles.